The van der Waals surface area contributed by atoms with Crippen molar-refractivity contribution < 1.29 is 8.42 Å². The Bertz CT molecular complexity index is 434. The van der Waals surface area contributed by atoms with Gasteiger partial charge < -0.3 is 15.5 Å². The van der Waals surface area contributed by atoms with Gasteiger partial charge >= 0.3 is 0 Å². The number of likely N-dealkylation sites (tertiary alicyclic amines) is 1. The lowest BCUT2D eigenvalue weighted by Gasteiger charge is -2.35. The molecule has 1 rings (SSSR count). The number of nitrogens with one attached hydrogen (secondary N) is 2. The van der Waals surface area contributed by atoms with Crippen LogP contribution in [0.5, 0.6) is 0 Å². The molecule has 7 nitrogen and oxygen atoms in total. The zero-order valence-electron chi connectivity index (χ0n) is 13.7. The van der Waals surface area contributed by atoms with E-state index in [9.17, 15) is 8.42 Å². The maximum atomic E-state index is 10.9. The van der Waals surface area contributed by atoms with Gasteiger partial charge in [-0.1, -0.05) is 0 Å². The van der Waals surface area contributed by atoms with Gasteiger partial charge in [-0.25, -0.2) is 13.6 Å². The molecule has 1 heterocycles. The molecule has 0 spiro atoms. The fourth-order valence-corrected chi connectivity index (χ4v) is 2.70. The molecular formula is C13H30IN5O2S. The summed E-state index contributed by atoms with van der Waals surface area (Å²) in [6, 6.07) is 0.967. The van der Waals surface area contributed by atoms with Gasteiger partial charge in [0.05, 0.1) is 12.3 Å². The number of hydrogen-bond donors (Lipinski definition) is 3. The summed E-state index contributed by atoms with van der Waals surface area (Å²) in [5, 5.41) is 11.5. The summed E-state index contributed by atoms with van der Waals surface area (Å²) >= 11 is 0. The number of rotatable bonds is 6. The average Bonchev–Trinajstić information content (AvgIpc) is 2.38. The predicted molar refractivity (Wildman–Crippen MR) is 102 cm³/mol. The van der Waals surface area contributed by atoms with E-state index in [0.29, 0.717) is 18.0 Å². The number of guanidine groups is 1. The first-order chi connectivity index (χ1) is 9.81. The zero-order chi connectivity index (χ0) is 15.9. The third kappa shape index (κ3) is 9.11. The Labute approximate surface area is 151 Å². The molecule has 22 heavy (non-hydrogen) atoms. The molecule has 0 unspecified atom stereocenters. The summed E-state index contributed by atoms with van der Waals surface area (Å²) in [6.45, 7) is 9.49. The van der Waals surface area contributed by atoms with Gasteiger partial charge in [0.1, 0.15) is 0 Å². The highest BCUT2D eigenvalue weighted by Crippen LogP contribution is 2.12. The molecule has 0 aliphatic carbocycles. The number of nitrogens with zero attached hydrogens (tertiary/aromatic N) is 2. The molecule has 0 aromatic heterocycles. The maximum Gasteiger partial charge on any atom is 0.210 e. The third-order valence-corrected chi connectivity index (χ3v) is 4.34. The van der Waals surface area contributed by atoms with Gasteiger partial charge in [0.15, 0.2) is 5.96 Å². The molecule has 0 bridgehead atoms. The number of halogens is 1. The van der Waals surface area contributed by atoms with Crippen LogP contribution in [0.3, 0.4) is 0 Å². The highest BCUT2D eigenvalue weighted by atomic mass is 127. The standard InChI is InChI=1S/C13H29N5O2S.HI/c1-4-15-13(16-7-10-21(14,19)20)17-12-5-8-18(9-6-12)11(2)3;/h11-12H,4-10H2,1-3H3,(H2,14,19,20)(H2,15,16,17);1H. The van der Waals surface area contributed by atoms with Crippen LogP contribution in [0.15, 0.2) is 4.99 Å². The van der Waals surface area contributed by atoms with Gasteiger partial charge in [-0.15, -0.1) is 24.0 Å². The van der Waals surface area contributed by atoms with Crippen LogP contribution in [0.4, 0.5) is 0 Å². The number of nitrogens with two attached hydrogens (primary N) is 1. The van der Waals surface area contributed by atoms with E-state index in [1.54, 1.807) is 0 Å². The molecule has 0 radical (unpaired) electrons. The maximum absolute atomic E-state index is 10.9. The number of primary sulfonamides is 1. The van der Waals surface area contributed by atoms with E-state index >= 15 is 0 Å². The highest BCUT2D eigenvalue weighted by molar-refractivity contribution is 14.0. The van der Waals surface area contributed by atoms with E-state index in [-0.39, 0.29) is 36.3 Å². The van der Waals surface area contributed by atoms with Crippen molar-refractivity contribution in [1.82, 2.24) is 15.5 Å². The van der Waals surface area contributed by atoms with Crippen LogP contribution >= 0.6 is 24.0 Å². The van der Waals surface area contributed by atoms with Crippen molar-refractivity contribution in [2.75, 3.05) is 31.9 Å². The summed E-state index contributed by atoms with van der Waals surface area (Å²) < 4.78 is 21.8. The second-order valence-electron chi connectivity index (χ2n) is 5.68. The van der Waals surface area contributed by atoms with Crippen molar-refractivity contribution in [2.45, 2.75) is 45.7 Å². The summed E-state index contributed by atoms with van der Waals surface area (Å²) in [6.07, 6.45) is 2.13. The van der Waals surface area contributed by atoms with Gasteiger partial charge in [0.2, 0.25) is 10.0 Å². The normalized spacial score (nSPS) is 18.1. The summed E-state index contributed by atoms with van der Waals surface area (Å²) in [5.41, 5.74) is 0. The molecule has 0 aromatic carbocycles. The summed E-state index contributed by atoms with van der Waals surface area (Å²) in [5.74, 6) is 0.541. The molecule has 0 aromatic rings. The fourth-order valence-electron chi connectivity index (χ4n) is 2.36. The molecule has 0 amide bonds. The molecule has 1 aliphatic heterocycles. The van der Waals surface area contributed by atoms with Crippen LogP contribution in [-0.4, -0.2) is 63.3 Å². The topological polar surface area (TPSA) is 99.8 Å². The predicted octanol–water partition coefficient (Wildman–Crippen LogP) is 0.321. The van der Waals surface area contributed by atoms with Crippen molar-refractivity contribution >= 4 is 40.0 Å². The van der Waals surface area contributed by atoms with Crippen LogP contribution in [0.1, 0.15) is 33.6 Å². The smallest absolute Gasteiger partial charge is 0.210 e. The van der Waals surface area contributed by atoms with Gasteiger partial charge in [-0.2, -0.15) is 0 Å². The number of sulfonamides is 1. The zero-order valence-corrected chi connectivity index (χ0v) is 16.9. The Morgan fingerprint density at radius 3 is 2.41 bits per heavy atom. The van der Waals surface area contributed by atoms with Crippen molar-refractivity contribution in [3.8, 4) is 0 Å². The molecule has 9 heteroatoms. The van der Waals surface area contributed by atoms with Crippen molar-refractivity contribution in [2.24, 2.45) is 10.1 Å². The van der Waals surface area contributed by atoms with Crippen molar-refractivity contribution in [1.29, 1.82) is 0 Å². The molecule has 1 fully saturated rings. The molecule has 132 valence electrons. The van der Waals surface area contributed by atoms with Gasteiger partial charge in [0.25, 0.3) is 0 Å². The Morgan fingerprint density at radius 2 is 1.95 bits per heavy atom. The Morgan fingerprint density at radius 1 is 1.36 bits per heavy atom. The molecule has 0 saturated carbocycles. The average molecular weight is 447 g/mol. The monoisotopic (exact) mass is 447 g/mol. The molecule has 1 saturated heterocycles. The number of aliphatic imine (C=N–C) groups is 1. The van der Waals surface area contributed by atoms with Crippen LogP contribution in [0.25, 0.3) is 0 Å². The van der Waals surface area contributed by atoms with E-state index < -0.39 is 10.0 Å². The first-order valence-electron chi connectivity index (χ1n) is 7.61. The molecular weight excluding hydrogens is 417 g/mol. The van der Waals surface area contributed by atoms with E-state index in [4.69, 9.17) is 5.14 Å². The van der Waals surface area contributed by atoms with Gasteiger partial charge in [-0.3, -0.25) is 4.99 Å². The van der Waals surface area contributed by atoms with Crippen LogP contribution in [-0.2, 0) is 10.0 Å². The SMILES string of the molecule is CCNC(=NCCS(N)(=O)=O)NC1CCN(C(C)C)CC1.I. The van der Waals surface area contributed by atoms with Crippen molar-refractivity contribution in [3.63, 3.8) is 0 Å². The lowest BCUT2D eigenvalue weighted by molar-refractivity contribution is 0.167. The fraction of sp³-hybridized carbons (Fsp3) is 0.923. The Hall–Kier alpha value is -0.130. The van der Waals surface area contributed by atoms with Crippen LogP contribution in [0, 0.1) is 0 Å². The van der Waals surface area contributed by atoms with E-state index in [2.05, 4.69) is 34.4 Å². The molecule has 0 atom stereocenters. The number of hydrogen-bond acceptors (Lipinski definition) is 4. The van der Waals surface area contributed by atoms with Crippen LogP contribution < -0.4 is 15.8 Å². The lowest BCUT2D eigenvalue weighted by Crippen LogP contribution is -2.50. The largest absolute Gasteiger partial charge is 0.357 e. The minimum atomic E-state index is -3.45. The lowest BCUT2D eigenvalue weighted by atomic mass is 10.0. The second kappa shape index (κ2) is 10.6. The minimum absolute atomic E-state index is 0. The van der Waals surface area contributed by atoms with E-state index in [1.165, 1.54) is 0 Å². The van der Waals surface area contributed by atoms with Crippen molar-refractivity contribution in [3.05, 3.63) is 0 Å². The highest BCUT2D eigenvalue weighted by Gasteiger charge is 2.21. The first kappa shape index (κ1) is 21.9. The third-order valence-electron chi connectivity index (χ3n) is 3.59. The Balaban J connectivity index is 0.00000441. The summed E-state index contributed by atoms with van der Waals surface area (Å²) in [4.78, 5) is 6.73. The first-order valence-corrected chi connectivity index (χ1v) is 9.32. The Kier molecular flexibility index (Phi) is 10.5. The van der Waals surface area contributed by atoms with Gasteiger partial charge in [-0.05, 0) is 33.6 Å². The number of piperidine rings is 1. The molecule has 1 aliphatic rings. The molecule has 4 N–H and O–H groups in total. The van der Waals surface area contributed by atoms with Crippen LogP contribution in [0.2, 0.25) is 0 Å². The summed E-state index contributed by atoms with van der Waals surface area (Å²) in [7, 11) is -3.45. The minimum Gasteiger partial charge on any atom is -0.357 e. The van der Waals surface area contributed by atoms with E-state index in [1.807, 2.05) is 6.92 Å². The van der Waals surface area contributed by atoms with Gasteiger partial charge in [0, 0.05) is 31.7 Å². The quantitative estimate of drug-likeness (QED) is 0.310. The second-order valence-corrected chi connectivity index (χ2v) is 7.41. The van der Waals surface area contributed by atoms with E-state index in [0.717, 1.165) is 32.5 Å².